The van der Waals surface area contributed by atoms with E-state index in [9.17, 15) is 9.59 Å². The lowest BCUT2D eigenvalue weighted by Gasteiger charge is -2.36. The van der Waals surface area contributed by atoms with E-state index < -0.39 is 0 Å². The van der Waals surface area contributed by atoms with E-state index >= 15 is 0 Å². The fraction of sp³-hybridized carbons (Fsp3) is 0.357. The van der Waals surface area contributed by atoms with E-state index in [1.165, 1.54) is 5.56 Å². The third-order valence-corrected chi connectivity index (χ3v) is 6.96. The fourth-order valence-electron chi connectivity index (χ4n) is 4.78. The molecule has 2 fully saturated rings. The molecule has 8 heteroatoms. The van der Waals surface area contributed by atoms with Crippen LogP contribution in [0.25, 0.3) is 0 Å². The van der Waals surface area contributed by atoms with Gasteiger partial charge < -0.3 is 19.4 Å². The highest BCUT2D eigenvalue weighted by Crippen LogP contribution is 2.29. The monoisotopic (exact) mass is 485 g/mol. The van der Waals surface area contributed by atoms with E-state index in [1.54, 1.807) is 4.90 Å². The average Bonchev–Trinajstić information content (AvgIpc) is 3.27. The van der Waals surface area contributed by atoms with Gasteiger partial charge in [0, 0.05) is 50.9 Å². The third-order valence-electron chi connectivity index (χ3n) is 6.96. The van der Waals surface area contributed by atoms with Crippen LogP contribution in [0, 0.1) is 26.7 Å². The molecule has 0 radical (unpaired) electrons. The van der Waals surface area contributed by atoms with Gasteiger partial charge in [0.25, 0.3) is 0 Å². The summed E-state index contributed by atoms with van der Waals surface area (Å²) in [4.78, 5) is 40.8. The van der Waals surface area contributed by atoms with Crippen molar-refractivity contribution >= 4 is 23.3 Å². The van der Waals surface area contributed by atoms with Crippen molar-refractivity contribution in [1.29, 1.82) is 0 Å². The normalized spacial score (nSPS) is 18.0. The van der Waals surface area contributed by atoms with Crippen molar-refractivity contribution in [2.24, 2.45) is 5.92 Å². The number of ether oxygens (including phenoxy) is 1. The lowest BCUT2D eigenvalue weighted by atomic mass is 10.1. The van der Waals surface area contributed by atoms with Crippen LogP contribution in [0.1, 0.15) is 23.4 Å². The predicted octanol–water partition coefficient (Wildman–Crippen LogP) is 3.90. The number of aromatic nitrogens is 2. The van der Waals surface area contributed by atoms with Crippen LogP contribution < -0.4 is 14.5 Å². The topological polar surface area (TPSA) is 78.9 Å². The zero-order valence-corrected chi connectivity index (χ0v) is 21.0. The minimum atomic E-state index is -0.308. The van der Waals surface area contributed by atoms with Crippen molar-refractivity contribution < 1.29 is 14.3 Å². The van der Waals surface area contributed by atoms with Crippen LogP contribution in [-0.4, -0.2) is 59.4 Å². The zero-order chi connectivity index (χ0) is 25.2. The van der Waals surface area contributed by atoms with Crippen molar-refractivity contribution in [2.75, 3.05) is 42.5 Å². The first-order valence-corrected chi connectivity index (χ1v) is 12.4. The Hall–Kier alpha value is -3.94. The van der Waals surface area contributed by atoms with Crippen LogP contribution in [-0.2, 0) is 9.59 Å². The summed E-state index contributed by atoms with van der Waals surface area (Å²) in [5.74, 6) is 2.40. The Labute approximate surface area is 211 Å². The molecule has 1 atom stereocenters. The number of nitrogens with zero attached hydrogens (tertiary/aromatic N) is 5. The number of hydrogen-bond donors (Lipinski definition) is 0. The van der Waals surface area contributed by atoms with Crippen LogP contribution in [0.5, 0.6) is 11.6 Å². The second-order valence-electron chi connectivity index (χ2n) is 9.51. The van der Waals surface area contributed by atoms with Crippen molar-refractivity contribution in [2.45, 2.75) is 27.2 Å². The standard InChI is InChI=1S/C28H31N5O3/c1-19-9-10-23(15-20(19)2)33-18-22(16-27(33)34)28(35)32-13-11-31(12-14-32)25-17-26(30-21(3)29-25)36-24-7-5-4-6-8-24/h4-10,15,17,22H,11-14,16,18H2,1-3H3. The van der Waals surface area contributed by atoms with Crippen molar-refractivity contribution in [1.82, 2.24) is 14.9 Å². The maximum atomic E-state index is 13.3. The summed E-state index contributed by atoms with van der Waals surface area (Å²) in [6.45, 7) is 8.87. The molecule has 1 aromatic heterocycles. The Bertz CT molecular complexity index is 1270. The van der Waals surface area contributed by atoms with Crippen LogP contribution in [0.4, 0.5) is 11.5 Å². The first kappa shape index (κ1) is 23.8. The summed E-state index contributed by atoms with van der Waals surface area (Å²) < 4.78 is 5.91. The molecule has 186 valence electrons. The van der Waals surface area contributed by atoms with E-state index in [1.807, 2.05) is 73.3 Å². The molecule has 2 aliphatic rings. The number of carbonyl (C=O) groups excluding carboxylic acids is 2. The lowest BCUT2D eigenvalue weighted by Crippen LogP contribution is -2.51. The van der Waals surface area contributed by atoms with Crippen molar-refractivity contribution in [3.63, 3.8) is 0 Å². The number of para-hydroxylation sites is 1. The number of amides is 2. The molecule has 0 bridgehead atoms. The molecule has 8 nitrogen and oxygen atoms in total. The Morgan fingerprint density at radius 3 is 2.39 bits per heavy atom. The molecule has 1 unspecified atom stereocenters. The van der Waals surface area contributed by atoms with Crippen LogP contribution in [0.2, 0.25) is 0 Å². The van der Waals surface area contributed by atoms with E-state index in [0.717, 1.165) is 22.8 Å². The lowest BCUT2D eigenvalue weighted by molar-refractivity contribution is -0.136. The largest absolute Gasteiger partial charge is 0.439 e. The van der Waals surface area contributed by atoms with E-state index in [4.69, 9.17) is 4.74 Å². The molecule has 3 aromatic rings. The highest BCUT2D eigenvalue weighted by Gasteiger charge is 2.38. The number of anilines is 2. The smallest absolute Gasteiger partial charge is 0.228 e. The van der Waals surface area contributed by atoms with Gasteiger partial charge in [0.2, 0.25) is 17.7 Å². The minimum Gasteiger partial charge on any atom is -0.439 e. The van der Waals surface area contributed by atoms with Crippen LogP contribution in [0.3, 0.4) is 0 Å². The van der Waals surface area contributed by atoms with Gasteiger partial charge in [-0.25, -0.2) is 4.98 Å². The molecular weight excluding hydrogens is 454 g/mol. The summed E-state index contributed by atoms with van der Waals surface area (Å²) in [6, 6.07) is 17.4. The molecule has 2 saturated heterocycles. The van der Waals surface area contributed by atoms with Crippen LogP contribution in [0.15, 0.2) is 54.6 Å². The molecular formula is C28H31N5O3. The van der Waals surface area contributed by atoms with Crippen molar-refractivity contribution in [3.05, 3.63) is 71.5 Å². The highest BCUT2D eigenvalue weighted by atomic mass is 16.5. The molecule has 0 saturated carbocycles. The Balaban J connectivity index is 1.20. The summed E-state index contributed by atoms with van der Waals surface area (Å²) in [7, 11) is 0. The average molecular weight is 486 g/mol. The minimum absolute atomic E-state index is 0.0117. The molecule has 2 amide bonds. The number of benzene rings is 2. The molecule has 0 spiro atoms. The summed E-state index contributed by atoms with van der Waals surface area (Å²) in [5.41, 5.74) is 3.20. The zero-order valence-electron chi connectivity index (χ0n) is 21.0. The van der Waals surface area contributed by atoms with Crippen LogP contribution >= 0.6 is 0 Å². The van der Waals surface area contributed by atoms with Gasteiger partial charge >= 0.3 is 0 Å². The van der Waals surface area contributed by atoms with E-state index in [-0.39, 0.29) is 24.2 Å². The van der Waals surface area contributed by atoms with Gasteiger partial charge in [-0.3, -0.25) is 9.59 Å². The highest BCUT2D eigenvalue weighted by molar-refractivity contribution is 6.00. The fourth-order valence-corrected chi connectivity index (χ4v) is 4.78. The molecule has 3 heterocycles. The quantitative estimate of drug-likeness (QED) is 0.546. The summed E-state index contributed by atoms with van der Waals surface area (Å²) in [6.07, 6.45) is 0.261. The molecule has 2 aromatic carbocycles. The maximum Gasteiger partial charge on any atom is 0.228 e. The summed E-state index contributed by atoms with van der Waals surface area (Å²) in [5, 5.41) is 0. The predicted molar refractivity (Wildman–Crippen MR) is 138 cm³/mol. The van der Waals surface area contributed by atoms with Gasteiger partial charge in [0.1, 0.15) is 17.4 Å². The first-order chi connectivity index (χ1) is 17.4. The molecule has 2 aliphatic heterocycles. The number of rotatable bonds is 5. The first-order valence-electron chi connectivity index (χ1n) is 12.4. The van der Waals surface area contributed by atoms with Gasteiger partial charge in [-0.1, -0.05) is 24.3 Å². The molecule has 5 rings (SSSR count). The number of carbonyl (C=O) groups is 2. The van der Waals surface area contributed by atoms with E-state index in [0.29, 0.717) is 44.4 Å². The van der Waals surface area contributed by atoms with Gasteiger partial charge in [-0.05, 0) is 56.2 Å². The summed E-state index contributed by atoms with van der Waals surface area (Å²) >= 11 is 0. The second-order valence-corrected chi connectivity index (χ2v) is 9.51. The van der Waals surface area contributed by atoms with E-state index in [2.05, 4.69) is 21.8 Å². The molecule has 36 heavy (non-hydrogen) atoms. The maximum absolute atomic E-state index is 13.3. The Kier molecular flexibility index (Phi) is 6.59. The van der Waals surface area contributed by atoms with Gasteiger partial charge in [0.15, 0.2) is 0 Å². The van der Waals surface area contributed by atoms with Gasteiger partial charge in [-0.2, -0.15) is 4.98 Å². The van der Waals surface area contributed by atoms with Crippen molar-refractivity contribution in [3.8, 4) is 11.6 Å². The molecule has 0 N–H and O–H groups in total. The van der Waals surface area contributed by atoms with Gasteiger partial charge in [-0.15, -0.1) is 0 Å². The Morgan fingerprint density at radius 2 is 1.67 bits per heavy atom. The number of piperazine rings is 1. The number of hydrogen-bond acceptors (Lipinski definition) is 6. The van der Waals surface area contributed by atoms with Gasteiger partial charge in [0.05, 0.1) is 5.92 Å². The third kappa shape index (κ3) is 5.03. The Morgan fingerprint density at radius 1 is 0.917 bits per heavy atom. The number of aryl methyl sites for hydroxylation is 3. The molecule has 0 aliphatic carbocycles. The SMILES string of the molecule is Cc1nc(Oc2ccccc2)cc(N2CCN(C(=O)C3CC(=O)N(c4ccc(C)c(C)c4)C3)CC2)n1. The second kappa shape index (κ2) is 9.97.